The fourth-order valence-electron chi connectivity index (χ4n) is 2.94. The summed E-state index contributed by atoms with van der Waals surface area (Å²) in [6.45, 7) is -0.0175. The van der Waals surface area contributed by atoms with Gasteiger partial charge in [-0.2, -0.15) is 0 Å². The number of methoxy groups -OCH3 is 1. The van der Waals surface area contributed by atoms with Crippen molar-refractivity contribution < 1.29 is 19.1 Å². The zero-order valence-corrected chi connectivity index (χ0v) is 13.7. The van der Waals surface area contributed by atoms with Crippen LogP contribution in [0.15, 0.2) is 42.5 Å². The lowest BCUT2D eigenvalue weighted by Gasteiger charge is -2.16. The number of esters is 1. The van der Waals surface area contributed by atoms with Crippen LogP contribution >= 0.6 is 0 Å². The molecule has 2 aromatic rings. The average molecular weight is 324 g/mol. The molecule has 0 atom stereocenters. The number of hydrogen-bond donors (Lipinski definition) is 0. The van der Waals surface area contributed by atoms with Crippen LogP contribution in [0.1, 0.15) is 44.7 Å². The smallest absolute Gasteiger partial charge is 0.337 e. The van der Waals surface area contributed by atoms with E-state index in [9.17, 15) is 9.59 Å². The number of aryl methyl sites for hydroxylation is 2. The first-order valence-corrected chi connectivity index (χ1v) is 8.13. The topological polar surface area (TPSA) is 52.6 Å². The average Bonchev–Trinajstić information content (AvgIpc) is 2.65. The summed E-state index contributed by atoms with van der Waals surface area (Å²) >= 11 is 0. The van der Waals surface area contributed by atoms with Crippen molar-refractivity contribution >= 4 is 11.8 Å². The van der Waals surface area contributed by atoms with Crippen molar-refractivity contribution in [2.45, 2.75) is 25.7 Å². The minimum atomic E-state index is -0.397. The maximum Gasteiger partial charge on any atom is 0.337 e. The van der Waals surface area contributed by atoms with E-state index in [0.717, 1.165) is 12.8 Å². The third-order valence-corrected chi connectivity index (χ3v) is 4.32. The first-order valence-electron chi connectivity index (χ1n) is 8.13. The first-order chi connectivity index (χ1) is 11.7. The van der Waals surface area contributed by atoms with Crippen LogP contribution in [0.5, 0.6) is 5.75 Å². The van der Waals surface area contributed by atoms with Crippen molar-refractivity contribution in [2.75, 3.05) is 13.7 Å². The van der Waals surface area contributed by atoms with E-state index < -0.39 is 5.97 Å². The quantitative estimate of drug-likeness (QED) is 0.623. The Balaban J connectivity index is 1.62. The highest BCUT2D eigenvalue weighted by molar-refractivity contribution is 5.97. The zero-order valence-electron chi connectivity index (χ0n) is 13.7. The van der Waals surface area contributed by atoms with Gasteiger partial charge in [0.2, 0.25) is 0 Å². The third-order valence-electron chi connectivity index (χ3n) is 4.32. The first kappa shape index (κ1) is 16.2. The molecule has 0 aliphatic heterocycles. The fourth-order valence-corrected chi connectivity index (χ4v) is 2.94. The van der Waals surface area contributed by atoms with Crippen LogP contribution in [0, 0.1) is 0 Å². The molecular weight excluding hydrogens is 304 g/mol. The van der Waals surface area contributed by atoms with Gasteiger partial charge in [0.1, 0.15) is 5.75 Å². The van der Waals surface area contributed by atoms with E-state index in [-0.39, 0.29) is 12.4 Å². The molecule has 0 saturated heterocycles. The van der Waals surface area contributed by atoms with Crippen molar-refractivity contribution in [1.82, 2.24) is 0 Å². The normalized spacial score (nSPS) is 13.0. The minimum absolute atomic E-state index is 0.0175. The standard InChI is InChI=1S/C20H20O4/c1-23-20(22)15-8-10-18(11-9-15)24-13-19(21)17-7-6-14-4-2-3-5-16(14)12-17/h6-12H,2-5,13H2,1H3. The van der Waals surface area contributed by atoms with E-state index >= 15 is 0 Å². The Morgan fingerprint density at radius 1 is 0.917 bits per heavy atom. The van der Waals surface area contributed by atoms with Crippen LogP contribution in [-0.2, 0) is 17.6 Å². The number of carbonyl (C=O) groups excluding carboxylic acids is 2. The summed E-state index contributed by atoms with van der Waals surface area (Å²) in [5, 5.41) is 0. The molecule has 0 spiro atoms. The Hall–Kier alpha value is -2.62. The summed E-state index contributed by atoms with van der Waals surface area (Å²) in [6.07, 6.45) is 4.57. The Kier molecular flexibility index (Phi) is 4.94. The van der Waals surface area contributed by atoms with Crippen molar-refractivity contribution in [1.29, 1.82) is 0 Å². The summed E-state index contributed by atoms with van der Waals surface area (Å²) in [5.74, 6) is 0.112. The van der Waals surface area contributed by atoms with Gasteiger partial charge >= 0.3 is 5.97 Å². The molecular formula is C20H20O4. The molecule has 1 aliphatic rings. The van der Waals surface area contributed by atoms with Gasteiger partial charge in [-0.3, -0.25) is 4.79 Å². The van der Waals surface area contributed by atoms with Crippen LogP contribution in [0.4, 0.5) is 0 Å². The fraction of sp³-hybridized carbons (Fsp3) is 0.300. The second-order valence-corrected chi connectivity index (χ2v) is 5.92. The second-order valence-electron chi connectivity index (χ2n) is 5.92. The van der Waals surface area contributed by atoms with E-state index in [4.69, 9.17) is 4.74 Å². The molecule has 0 N–H and O–H groups in total. The van der Waals surface area contributed by atoms with E-state index in [0.29, 0.717) is 16.9 Å². The highest BCUT2D eigenvalue weighted by Crippen LogP contribution is 2.22. The van der Waals surface area contributed by atoms with Gasteiger partial charge in [0.05, 0.1) is 12.7 Å². The van der Waals surface area contributed by atoms with Gasteiger partial charge in [0.15, 0.2) is 12.4 Å². The molecule has 1 aliphatic carbocycles. The van der Waals surface area contributed by atoms with Crippen LogP contribution in [0.25, 0.3) is 0 Å². The molecule has 3 rings (SSSR count). The molecule has 4 heteroatoms. The van der Waals surface area contributed by atoms with Crippen molar-refractivity contribution in [3.05, 3.63) is 64.7 Å². The van der Waals surface area contributed by atoms with E-state index in [1.54, 1.807) is 24.3 Å². The summed E-state index contributed by atoms with van der Waals surface area (Å²) in [5.41, 5.74) is 3.79. The number of hydrogen-bond acceptors (Lipinski definition) is 4. The van der Waals surface area contributed by atoms with Crippen molar-refractivity contribution in [3.8, 4) is 5.75 Å². The molecule has 0 fully saturated rings. The number of rotatable bonds is 5. The van der Waals surface area contributed by atoms with Gasteiger partial charge in [-0.15, -0.1) is 0 Å². The lowest BCUT2D eigenvalue weighted by Crippen LogP contribution is -2.13. The third kappa shape index (κ3) is 3.65. The maximum atomic E-state index is 12.3. The number of benzene rings is 2. The highest BCUT2D eigenvalue weighted by atomic mass is 16.5. The number of fused-ring (bicyclic) bond motifs is 1. The van der Waals surface area contributed by atoms with Crippen LogP contribution in [0.2, 0.25) is 0 Å². The van der Waals surface area contributed by atoms with Gasteiger partial charge in [-0.05, 0) is 67.1 Å². The molecule has 0 unspecified atom stereocenters. The molecule has 0 amide bonds. The predicted octanol–water partition coefficient (Wildman–Crippen LogP) is 3.61. The minimum Gasteiger partial charge on any atom is -0.485 e. The molecule has 0 saturated carbocycles. The number of ketones is 1. The summed E-state index contributed by atoms with van der Waals surface area (Å²) in [6, 6.07) is 12.5. The number of carbonyl (C=O) groups is 2. The maximum absolute atomic E-state index is 12.3. The lowest BCUT2D eigenvalue weighted by molar-refractivity contribution is 0.0600. The second kappa shape index (κ2) is 7.30. The van der Waals surface area contributed by atoms with Crippen molar-refractivity contribution in [2.24, 2.45) is 0 Å². The monoisotopic (exact) mass is 324 g/mol. The van der Waals surface area contributed by atoms with E-state index in [1.165, 1.54) is 31.1 Å². The number of Topliss-reactive ketones (excluding diaryl/α,β-unsaturated/α-hetero) is 1. The van der Waals surface area contributed by atoms with E-state index in [2.05, 4.69) is 10.8 Å². The van der Waals surface area contributed by atoms with Gasteiger partial charge < -0.3 is 9.47 Å². The molecule has 0 aromatic heterocycles. The summed E-state index contributed by atoms with van der Waals surface area (Å²) in [7, 11) is 1.34. The Morgan fingerprint density at radius 3 is 2.29 bits per heavy atom. The largest absolute Gasteiger partial charge is 0.485 e. The van der Waals surface area contributed by atoms with E-state index in [1.807, 2.05) is 12.1 Å². The molecule has 24 heavy (non-hydrogen) atoms. The molecule has 0 radical (unpaired) electrons. The predicted molar refractivity (Wildman–Crippen MR) is 90.7 cm³/mol. The SMILES string of the molecule is COC(=O)c1ccc(OCC(=O)c2ccc3c(c2)CCCC3)cc1. The van der Waals surface area contributed by atoms with Crippen LogP contribution in [0.3, 0.4) is 0 Å². The molecule has 0 bridgehead atoms. The van der Waals surface area contributed by atoms with Crippen molar-refractivity contribution in [3.63, 3.8) is 0 Å². The number of ether oxygens (including phenoxy) is 2. The summed E-state index contributed by atoms with van der Waals surface area (Å²) in [4.78, 5) is 23.7. The van der Waals surface area contributed by atoms with Gasteiger partial charge in [-0.25, -0.2) is 4.79 Å². The van der Waals surface area contributed by atoms with Crippen LogP contribution in [-0.4, -0.2) is 25.5 Å². The van der Waals surface area contributed by atoms with Gasteiger partial charge in [0.25, 0.3) is 0 Å². The van der Waals surface area contributed by atoms with Gasteiger partial charge in [-0.1, -0.05) is 12.1 Å². The molecule has 0 heterocycles. The Bertz CT molecular complexity index is 747. The van der Waals surface area contributed by atoms with Gasteiger partial charge in [0, 0.05) is 5.56 Å². The Morgan fingerprint density at radius 2 is 1.58 bits per heavy atom. The molecule has 2 aromatic carbocycles. The lowest BCUT2D eigenvalue weighted by atomic mass is 9.90. The van der Waals surface area contributed by atoms with Crippen LogP contribution < -0.4 is 4.74 Å². The summed E-state index contributed by atoms with van der Waals surface area (Å²) < 4.78 is 10.2. The molecule has 4 nitrogen and oxygen atoms in total. The Labute approximate surface area is 141 Å². The molecule has 124 valence electrons. The zero-order chi connectivity index (χ0) is 16.9. The highest BCUT2D eigenvalue weighted by Gasteiger charge is 2.13.